The third-order valence-corrected chi connectivity index (χ3v) is 7.01. The average molecular weight is 453 g/mol. The molecular weight excluding hydrogens is 432 g/mol. The molecule has 4 aromatic rings. The summed E-state index contributed by atoms with van der Waals surface area (Å²) in [6.45, 7) is 8.07. The van der Waals surface area contributed by atoms with Gasteiger partial charge in [0.2, 0.25) is 0 Å². The maximum Gasteiger partial charge on any atom is 0.464 e. The molecule has 0 atom stereocenters. The lowest BCUT2D eigenvalue weighted by Crippen LogP contribution is -2.41. The number of fused-ring (bicyclic) bond motifs is 2. The zero-order valence-corrected chi connectivity index (χ0v) is 18.9. The van der Waals surface area contributed by atoms with Gasteiger partial charge in [0.05, 0.1) is 33.7 Å². The Hall–Kier alpha value is -2.76. The van der Waals surface area contributed by atoms with Gasteiger partial charge in [-0.05, 0) is 39.8 Å². The van der Waals surface area contributed by atoms with Crippen LogP contribution in [0.15, 0.2) is 35.4 Å². The van der Waals surface area contributed by atoms with Crippen molar-refractivity contribution in [3.63, 3.8) is 0 Å². The molecule has 1 aliphatic heterocycles. The molecule has 8 nitrogen and oxygen atoms in total. The van der Waals surface area contributed by atoms with Gasteiger partial charge < -0.3 is 9.31 Å². The van der Waals surface area contributed by atoms with Crippen LogP contribution in [0.25, 0.3) is 21.3 Å². The number of aromatic nitrogens is 5. The van der Waals surface area contributed by atoms with Gasteiger partial charge in [-0.2, -0.15) is 5.10 Å². The molecule has 0 aliphatic carbocycles. The predicted molar refractivity (Wildman–Crippen MR) is 120 cm³/mol. The third kappa shape index (κ3) is 3.60. The Bertz CT molecular complexity index is 1390. The van der Waals surface area contributed by atoms with Crippen molar-refractivity contribution in [3.05, 3.63) is 57.5 Å². The van der Waals surface area contributed by atoms with E-state index in [1.54, 1.807) is 6.07 Å². The Morgan fingerprint density at radius 2 is 1.78 bits per heavy atom. The van der Waals surface area contributed by atoms with Crippen LogP contribution in [0, 0.1) is 5.82 Å². The molecule has 0 amide bonds. The molecule has 4 heterocycles. The van der Waals surface area contributed by atoms with Crippen LogP contribution in [0.1, 0.15) is 38.4 Å². The van der Waals surface area contributed by atoms with Crippen molar-refractivity contribution in [2.75, 3.05) is 0 Å². The van der Waals surface area contributed by atoms with Crippen LogP contribution in [0.2, 0.25) is 0 Å². The number of benzene rings is 1. The van der Waals surface area contributed by atoms with E-state index in [0.717, 1.165) is 4.70 Å². The molecule has 1 aliphatic rings. The van der Waals surface area contributed by atoms with Crippen LogP contribution in [-0.2, 0) is 22.2 Å². The van der Waals surface area contributed by atoms with Crippen LogP contribution in [0.3, 0.4) is 0 Å². The van der Waals surface area contributed by atoms with E-state index >= 15 is 0 Å². The summed E-state index contributed by atoms with van der Waals surface area (Å²) in [5.74, 6) is -0.352. The first kappa shape index (κ1) is 21.1. The summed E-state index contributed by atoms with van der Waals surface area (Å²) in [6.07, 6.45) is 3.32. The highest BCUT2D eigenvalue weighted by molar-refractivity contribution is 7.18. The Labute approximate surface area is 187 Å². The van der Waals surface area contributed by atoms with Crippen molar-refractivity contribution >= 4 is 39.7 Å². The standard InChI is InChI=1S/C21H21BFN5O3S/c1-20(2)21(3,4)31-22(30-20)10-14-17-18(25-8-7-24-17)19(29)28(27-14)11-16-26-13-9-12(23)5-6-15(13)32-16/h5-9H,10-11H2,1-4H3. The maximum absolute atomic E-state index is 13.5. The number of thiazole rings is 1. The first-order valence-corrected chi connectivity index (χ1v) is 11.1. The summed E-state index contributed by atoms with van der Waals surface area (Å²) in [6, 6.07) is 4.45. The van der Waals surface area contributed by atoms with Gasteiger partial charge in [-0.3, -0.25) is 9.78 Å². The highest BCUT2D eigenvalue weighted by Gasteiger charge is 2.51. The van der Waals surface area contributed by atoms with Crippen LogP contribution in [0.5, 0.6) is 0 Å². The average Bonchev–Trinajstić information content (AvgIpc) is 3.20. The Kier molecular flexibility index (Phi) is 4.88. The smallest absolute Gasteiger partial charge is 0.403 e. The third-order valence-electron chi connectivity index (χ3n) is 5.99. The molecule has 0 saturated carbocycles. The molecule has 0 radical (unpaired) electrons. The van der Waals surface area contributed by atoms with E-state index in [1.807, 2.05) is 27.7 Å². The molecule has 1 aromatic carbocycles. The quantitative estimate of drug-likeness (QED) is 0.439. The molecule has 0 N–H and O–H groups in total. The van der Waals surface area contributed by atoms with E-state index in [4.69, 9.17) is 9.31 Å². The number of halogens is 1. The number of nitrogens with zero attached hydrogens (tertiary/aromatic N) is 5. The molecular formula is C21H21BFN5O3S. The molecule has 5 rings (SSSR count). The van der Waals surface area contributed by atoms with Crippen molar-refractivity contribution < 1.29 is 13.7 Å². The fraction of sp³-hybridized carbons (Fsp3) is 0.381. The lowest BCUT2D eigenvalue weighted by Gasteiger charge is -2.32. The maximum atomic E-state index is 13.5. The molecule has 164 valence electrons. The second-order valence-electron chi connectivity index (χ2n) is 8.77. The normalized spacial score (nSPS) is 17.5. The molecule has 0 spiro atoms. The fourth-order valence-corrected chi connectivity index (χ4v) is 4.59. The minimum Gasteiger partial charge on any atom is -0.403 e. The zero-order valence-electron chi connectivity index (χ0n) is 18.1. The van der Waals surface area contributed by atoms with Gasteiger partial charge in [-0.1, -0.05) is 0 Å². The summed E-state index contributed by atoms with van der Waals surface area (Å²) in [4.78, 5) is 26.1. The Morgan fingerprint density at radius 1 is 1.09 bits per heavy atom. The van der Waals surface area contributed by atoms with Gasteiger partial charge in [0.1, 0.15) is 16.3 Å². The molecule has 0 bridgehead atoms. The topological polar surface area (TPSA) is 92.0 Å². The summed E-state index contributed by atoms with van der Waals surface area (Å²) in [5, 5.41) is 5.22. The lowest BCUT2D eigenvalue weighted by atomic mass is 9.82. The minimum absolute atomic E-state index is 0.142. The summed E-state index contributed by atoms with van der Waals surface area (Å²) < 4.78 is 27.9. The van der Waals surface area contributed by atoms with E-state index in [2.05, 4.69) is 20.1 Å². The molecule has 11 heteroatoms. The molecule has 32 heavy (non-hydrogen) atoms. The zero-order chi connectivity index (χ0) is 22.7. The largest absolute Gasteiger partial charge is 0.464 e. The first-order chi connectivity index (χ1) is 15.1. The van der Waals surface area contributed by atoms with E-state index < -0.39 is 18.3 Å². The van der Waals surface area contributed by atoms with Crippen LogP contribution in [0.4, 0.5) is 4.39 Å². The fourth-order valence-electron chi connectivity index (χ4n) is 3.66. The first-order valence-electron chi connectivity index (χ1n) is 10.2. The summed E-state index contributed by atoms with van der Waals surface area (Å²) >= 11 is 1.39. The van der Waals surface area contributed by atoms with Gasteiger partial charge >= 0.3 is 7.12 Å². The van der Waals surface area contributed by atoms with Crippen molar-refractivity contribution in [1.82, 2.24) is 24.7 Å². The lowest BCUT2D eigenvalue weighted by molar-refractivity contribution is 0.00578. The van der Waals surface area contributed by atoms with E-state index in [9.17, 15) is 9.18 Å². The molecule has 3 aromatic heterocycles. The SMILES string of the molecule is CC1(C)OB(Cc2nn(Cc3nc4cc(F)ccc4s3)c(=O)c3nccnc23)OC1(C)C. The van der Waals surface area contributed by atoms with Gasteiger partial charge in [0.25, 0.3) is 5.56 Å². The van der Waals surface area contributed by atoms with Gasteiger partial charge in [0.15, 0.2) is 5.52 Å². The van der Waals surface area contributed by atoms with Crippen molar-refractivity contribution in [2.24, 2.45) is 0 Å². The number of hydrogen-bond donors (Lipinski definition) is 0. The number of rotatable bonds is 4. The summed E-state index contributed by atoms with van der Waals surface area (Å²) in [5.41, 5.74) is 0.426. The highest BCUT2D eigenvalue weighted by Crippen LogP contribution is 2.37. The van der Waals surface area contributed by atoms with Crippen LogP contribution in [-0.4, -0.2) is 43.1 Å². The van der Waals surface area contributed by atoms with Gasteiger partial charge in [-0.15, -0.1) is 11.3 Å². The Balaban J connectivity index is 1.53. The summed E-state index contributed by atoms with van der Waals surface area (Å²) in [7, 11) is -0.533. The van der Waals surface area contributed by atoms with E-state index in [1.165, 1.54) is 40.5 Å². The van der Waals surface area contributed by atoms with Crippen molar-refractivity contribution in [2.45, 2.75) is 51.8 Å². The van der Waals surface area contributed by atoms with Crippen LogP contribution >= 0.6 is 11.3 Å². The monoisotopic (exact) mass is 453 g/mol. The second-order valence-corrected chi connectivity index (χ2v) is 9.89. The molecule has 0 unspecified atom stereocenters. The van der Waals surface area contributed by atoms with E-state index in [0.29, 0.717) is 28.1 Å². The molecule has 1 saturated heterocycles. The van der Waals surface area contributed by atoms with Gasteiger partial charge in [0, 0.05) is 24.8 Å². The second kappa shape index (κ2) is 7.40. The minimum atomic E-state index is -0.533. The van der Waals surface area contributed by atoms with Crippen molar-refractivity contribution in [1.29, 1.82) is 0 Å². The van der Waals surface area contributed by atoms with E-state index in [-0.39, 0.29) is 23.4 Å². The van der Waals surface area contributed by atoms with Gasteiger partial charge in [-0.25, -0.2) is 19.0 Å². The number of hydrogen-bond acceptors (Lipinski definition) is 8. The molecule has 1 fully saturated rings. The predicted octanol–water partition coefficient (Wildman–Crippen LogP) is 3.16. The Morgan fingerprint density at radius 3 is 2.50 bits per heavy atom. The highest BCUT2D eigenvalue weighted by atomic mass is 32.1. The van der Waals surface area contributed by atoms with Crippen molar-refractivity contribution in [3.8, 4) is 0 Å². The van der Waals surface area contributed by atoms with Crippen LogP contribution < -0.4 is 5.56 Å².